The summed E-state index contributed by atoms with van der Waals surface area (Å²) < 4.78 is 48.5. The van der Waals surface area contributed by atoms with Crippen LogP contribution < -0.4 is 45.7 Å². The summed E-state index contributed by atoms with van der Waals surface area (Å²) in [5.74, 6) is 5.04. The fourth-order valence-electron chi connectivity index (χ4n) is 11.2. The number of fused-ring (bicyclic) bond motifs is 3. The molecule has 0 radical (unpaired) electrons. The molecule has 0 saturated carbocycles. The van der Waals surface area contributed by atoms with Crippen LogP contribution in [0.3, 0.4) is 0 Å². The molecule has 12 unspecified atom stereocenters. The second-order valence-electron chi connectivity index (χ2n) is 19.3. The molecule has 6 aromatic rings. The summed E-state index contributed by atoms with van der Waals surface area (Å²) in [6, 6.07) is 26.4. The average Bonchev–Trinajstić information content (AvgIpc) is 3.31. The van der Waals surface area contributed by atoms with Crippen LogP contribution in [0.5, 0.6) is 40.2 Å². The molecule has 0 fully saturated rings. The van der Waals surface area contributed by atoms with Gasteiger partial charge in [0.05, 0.1) is 0 Å². The van der Waals surface area contributed by atoms with Gasteiger partial charge in [0.1, 0.15) is 0 Å². The van der Waals surface area contributed by atoms with Crippen molar-refractivity contribution in [3.63, 3.8) is 0 Å². The van der Waals surface area contributed by atoms with Crippen LogP contribution in [0.25, 0.3) is 0 Å². The zero-order chi connectivity index (χ0) is 48.6. The van der Waals surface area contributed by atoms with E-state index in [4.69, 9.17) is 32.3 Å². The third-order valence-corrected chi connectivity index (χ3v) is 17.8. The van der Waals surface area contributed by atoms with Crippen LogP contribution in [-0.2, 0) is 46.0 Å². The molecule has 0 bridgehead atoms. The van der Waals surface area contributed by atoms with E-state index in [1.807, 2.05) is 18.2 Å². The molecule has 0 amide bonds. The summed E-state index contributed by atoms with van der Waals surface area (Å²) in [5, 5.41) is 0. The molecule has 6 aromatic carbocycles. The van der Waals surface area contributed by atoms with Crippen molar-refractivity contribution in [2.45, 2.75) is 98.9 Å². The van der Waals surface area contributed by atoms with Crippen LogP contribution in [0.4, 0.5) is 0 Å². The van der Waals surface area contributed by atoms with Gasteiger partial charge in [-0.1, -0.05) is 0 Å². The quantitative estimate of drug-likeness (QED) is 0.106. The van der Waals surface area contributed by atoms with E-state index in [0.29, 0.717) is 28.9 Å². The Morgan fingerprint density at radius 2 is 0.956 bits per heavy atom. The van der Waals surface area contributed by atoms with Crippen LogP contribution in [-0.4, -0.2) is 7.85 Å². The summed E-state index contributed by atoms with van der Waals surface area (Å²) >= 11 is 4.31. The molecule has 68 heavy (non-hydrogen) atoms. The SMILES string of the molecule is Bc1c(OP)cc(OP)c2c1OC(c1ccc(OP)c(OP)c1)C(C)C2c1[c]([Mo])cc(C)c2c1OC(c1ccc(C)c(C)c1)C(C)C2c1[c]([Mo])cc(C)c2c1OC(c1ccc(C)c(C)c1)C(C)C2. The summed E-state index contributed by atoms with van der Waals surface area (Å²) in [4.78, 5) is 0. The average molecular weight is 1150 g/mol. The molecular formula is C54H59BMo2O7P4. The summed E-state index contributed by atoms with van der Waals surface area (Å²) in [7, 11) is 11.6. The van der Waals surface area contributed by atoms with Crippen molar-refractivity contribution in [1.82, 2.24) is 0 Å². The van der Waals surface area contributed by atoms with Crippen LogP contribution in [0.2, 0.25) is 0 Å². The van der Waals surface area contributed by atoms with Gasteiger partial charge in [0.2, 0.25) is 0 Å². The van der Waals surface area contributed by atoms with Gasteiger partial charge in [-0.25, -0.2) is 0 Å². The first kappa shape index (κ1) is 50.0. The Morgan fingerprint density at radius 3 is 1.53 bits per heavy atom. The van der Waals surface area contributed by atoms with Crippen LogP contribution in [0, 0.1) is 59.3 Å². The Hall–Kier alpha value is -2.92. The topological polar surface area (TPSA) is 64.6 Å². The van der Waals surface area contributed by atoms with Gasteiger partial charge < -0.3 is 0 Å². The Kier molecular flexibility index (Phi) is 14.7. The third-order valence-electron chi connectivity index (χ3n) is 15.2. The molecule has 0 aromatic heterocycles. The standard InChI is InChI=1S/C54H59BO7P4.2Mo/c1-25-10-14-34(20-29(25)5)49-31(7)22-39-27(3)12-17-37(52(39)56-49)45-32(8)50(35-15-11-26(2)30(6)21-35)57-53-38(18-13-28(4)44(45)53)46-33(9)51(36-16-19-40(59-63)41(23-36)60-64)58-54-47(46)42(61-65)24-43(62-66)48(54)55;;/h10-16,19-21,23-24,31-33,45-46,49-51H,22,55,63-66H2,1-9H3;;. The number of benzene rings is 6. The van der Waals surface area contributed by atoms with Gasteiger partial charge in [0.15, 0.2) is 0 Å². The molecule has 3 aliphatic heterocycles. The van der Waals surface area contributed by atoms with E-state index in [9.17, 15) is 0 Å². The normalized spacial score (nSPS) is 22.7. The van der Waals surface area contributed by atoms with Crippen molar-refractivity contribution >= 4 is 59.1 Å². The van der Waals surface area contributed by atoms with Crippen molar-refractivity contribution < 1.29 is 71.9 Å². The van der Waals surface area contributed by atoms with Gasteiger partial charge in [-0.2, -0.15) is 0 Å². The predicted octanol–water partition coefficient (Wildman–Crippen LogP) is 10.9. The monoisotopic (exact) mass is 1150 g/mol. The first-order chi connectivity index (χ1) is 32.5. The van der Waals surface area contributed by atoms with E-state index < -0.39 is 6.10 Å². The second kappa shape index (κ2) is 19.9. The first-order valence-electron chi connectivity index (χ1n) is 23.1. The van der Waals surface area contributed by atoms with Gasteiger partial charge in [-0.15, -0.1) is 0 Å². The summed E-state index contributed by atoms with van der Waals surface area (Å²) in [6.45, 7) is 20.3. The van der Waals surface area contributed by atoms with Gasteiger partial charge in [0.25, 0.3) is 0 Å². The van der Waals surface area contributed by atoms with Crippen molar-refractivity contribution in [3.8, 4) is 40.2 Å². The zero-order valence-electron chi connectivity index (χ0n) is 40.2. The van der Waals surface area contributed by atoms with Crippen molar-refractivity contribution in [3.05, 3.63) is 151 Å². The Labute approximate surface area is 435 Å². The molecule has 7 nitrogen and oxygen atoms in total. The van der Waals surface area contributed by atoms with E-state index in [2.05, 4.69) is 202 Å². The second-order valence-corrected chi connectivity index (χ2v) is 22.4. The van der Waals surface area contributed by atoms with Crippen LogP contribution in [0.1, 0.15) is 129 Å². The fourth-order valence-corrected chi connectivity index (χ4v) is 14.0. The Morgan fingerprint density at radius 1 is 0.471 bits per heavy atom. The molecular weight excluding hydrogens is 1090 g/mol. The molecule has 352 valence electrons. The van der Waals surface area contributed by atoms with Gasteiger partial charge in [0, 0.05) is 0 Å². The van der Waals surface area contributed by atoms with E-state index in [-0.39, 0.29) is 35.9 Å². The number of ether oxygens (including phenoxy) is 3. The number of aryl methyl sites for hydroxylation is 6. The molecule has 0 N–H and O–H groups in total. The van der Waals surface area contributed by atoms with E-state index >= 15 is 0 Å². The number of hydrogen-bond acceptors (Lipinski definition) is 7. The number of hydrogen-bond donors (Lipinski definition) is 0. The molecule has 3 heterocycles. The maximum atomic E-state index is 7.79. The van der Waals surface area contributed by atoms with Crippen molar-refractivity contribution in [2.75, 3.05) is 0 Å². The van der Waals surface area contributed by atoms with Crippen molar-refractivity contribution in [2.24, 2.45) is 17.8 Å². The molecule has 12 atom stereocenters. The molecule has 0 aliphatic carbocycles. The van der Waals surface area contributed by atoms with E-state index in [1.54, 1.807) is 0 Å². The fraction of sp³-hybridized carbons (Fsp3) is 0.333. The van der Waals surface area contributed by atoms with Crippen LogP contribution >= 0.6 is 37.9 Å². The Bertz CT molecular complexity index is 2990. The molecule has 0 spiro atoms. The Balaban J connectivity index is 1.33. The number of rotatable bonds is 9. The summed E-state index contributed by atoms with van der Waals surface area (Å²) in [5.41, 5.74) is 17.6. The first-order valence-corrected chi connectivity index (χ1v) is 27.0. The molecule has 3 aliphatic rings. The zero-order valence-corrected chi connectivity index (χ0v) is 48.9. The minimum absolute atomic E-state index is 0.0277. The maximum absolute atomic E-state index is 7.79. The van der Waals surface area contributed by atoms with Crippen LogP contribution in [0.15, 0.2) is 72.8 Å². The van der Waals surface area contributed by atoms with Crippen molar-refractivity contribution in [1.29, 1.82) is 0 Å². The van der Waals surface area contributed by atoms with Gasteiger partial charge in [-0.3, -0.25) is 0 Å². The van der Waals surface area contributed by atoms with E-state index in [0.717, 1.165) is 55.3 Å². The van der Waals surface area contributed by atoms with Gasteiger partial charge >= 0.3 is 439 Å². The van der Waals surface area contributed by atoms with Gasteiger partial charge in [-0.05, 0) is 0 Å². The molecule has 9 rings (SSSR count). The third kappa shape index (κ3) is 8.61. The van der Waals surface area contributed by atoms with E-state index in [1.165, 1.54) is 59.6 Å². The summed E-state index contributed by atoms with van der Waals surface area (Å²) in [6.07, 6.45) is 0.165. The molecule has 0 saturated heterocycles. The predicted molar refractivity (Wildman–Crippen MR) is 281 cm³/mol. The minimum atomic E-state index is -0.406. The molecule has 14 heteroatoms.